The Labute approximate surface area is 150 Å². The Morgan fingerprint density at radius 1 is 1.04 bits per heavy atom. The predicted octanol–water partition coefficient (Wildman–Crippen LogP) is 4.05. The Balaban J connectivity index is 1.54. The van der Waals surface area contributed by atoms with Crippen molar-refractivity contribution in [1.29, 1.82) is 0 Å². The Bertz CT molecular complexity index is 1120. The van der Waals surface area contributed by atoms with Crippen LogP contribution in [-0.4, -0.2) is 15.8 Å². The highest BCUT2D eigenvalue weighted by molar-refractivity contribution is 5.97. The summed E-state index contributed by atoms with van der Waals surface area (Å²) in [5.41, 5.74) is 3.89. The third kappa shape index (κ3) is 3.52. The Kier molecular flexibility index (Phi) is 4.28. The first-order chi connectivity index (χ1) is 12.8. The van der Waals surface area contributed by atoms with E-state index in [4.69, 9.17) is 4.42 Å². The second kappa shape index (κ2) is 7.04. The molecular formula is C22H14N2O2. The smallest absolute Gasteiger partial charge is 0.228 e. The van der Waals surface area contributed by atoms with Gasteiger partial charge in [0.2, 0.25) is 11.7 Å². The third-order valence-corrected chi connectivity index (χ3v) is 3.85. The molecule has 0 bridgehead atoms. The molecular weight excluding hydrogens is 324 g/mol. The van der Waals surface area contributed by atoms with Crippen LogP contribution in [0.1, 0.15) is 11.1 Å². The molecule has 4 heteroatoms. The highest BCUT2D eigenvalue weighted by Gasteiger charge is 2.10. The molecule has 0 saturated heterocycles. The lowest BCUT2D eigenvalue weighted by molar-refractivity contribution is -0.113. The summed E-state index contributed by atoms with van der Waals surface area (Å²) in [6.07, 6.45) is 3.64. The monoisotopic (exact) mass is 338 g/mol. The van der Waals surface area contributed by atoms with Gasteiger partial charge in [0.1, 0.15) is 5.52 Å². The van der Waals surface area contributed by atoms with Crippen molar-refractivity contribution in [2.24, 2.45) is 0 Å². The number of Topliss-reactive ketones (excluding diaryl/α,β-unsaturated/α-hetero) is 1. The van der Waals surface area contributed by atoms with Crippen molar-refractivity contribution < 1.29 is 9.21 Å². The van der Waals surface area contributed by atoms with Crippen molar-refractivity contribution >= 4 is 16.9 Å². The topological polar surface area (TPSA) is 56.0 Å². The molecule has 0 aliphatic carbocycles. The largest absolute Gasteiger partial charge is 0.436 e. The molecule has 0 spiro atoms. The molecule has 4 rings (SSSR count). The van der Waals surface area contributed by atoms with Gasteiger partial charge in [0, 0.05) is 24.4 Å². The molecule has 2 aromatic carbocycles. The van der Waals surface area contributed by atoms with E-state index in [1.54, 1.807) is 12.4 Å². The summed E-state index contributed by atoms with van der Waals surface area (Å²) < 4.78 is 5.76. The number of aromatic nitrogens is 2. The molecule has 2 aromatic heterocycles. The van der Waals surface area contributed by atoms with E-state index in [0.717, 1.165) is 16.7 Å². The molecule has 0 unspecified atom stereocenters. The zero-order chi connectivity index (χ0) is 17.8. The third-order valence-electron chi connectivity index (χ3n) is 3.85. The first kappa shape index (κ1) is 15.8. The summed E-state index contributed by atoms with van der Waals surface area (Å²) >= 11 is 0. The normalized spacial score (nSPS) is 10.3. The van der Waals surface area contributed by atoms with Crippen LogP contribution < -0.4 is 0 Å². The van der Waals surface area contributed by atoms with Gasteiger partial charge in [0.15, 0.2) is 5.58 Å². The van der Waals surface area contributed by atoms with E-state index >= 15 is 0 Å². The van der Waals surface area contributed by atoms with E-state index in [0.29, 0.717) is 17.0 Å². The number of carbonyl (C=O) groups is 1. The van der Waals surface area contributed by atoms with Crippen molar-refractivity contribution in [3.63, 3.8) is 0 Å². The van der Waals surface area contributed by atoms with Crippen LogP contribution in [0.3, 0.4) is 0 Å². The van der Waals surface area contributed by atoms with Crippen LogP contribution in [0.2, 0.25) is 0 Å². The Morgan fingerprint density at radius 3 is 2.73 bits per heavy atom. The average Bonchev–Trinajstić information content (AvgIpc) is 3.11. The van der Waals surface area contributed by atoms with Crippen LogP contribution in [0.4, 0.5) is 0 Å². The van der Waals surface area contributed by atoms with Gasteiger partial charge in [0.05, 0.1) is 5.56 Å². The highest BCUT2D eigenvalue weighted by Crippen LogP contribution is 2.24. The second-order valence-corrected chi connectivity index (χ2v) is 5.78. The minimum absolute atomic E-state index is 0.135. The molecule has 0 N–H and O–H groups in total. The maximum atomic E-state index is 12.1. The van der Waals surface area contributed by atoms with E-state index in [9.17, 15) is 4.79 Å². The van der Waals surface area contributed by atoms with E-state index in [-0.39, 0.29) is 12.2 Å². The minimum Gasteiger partial charge on any atom is -0.436 e. The standard InChI is InChI=1S/C22H14N2O2/c25-19(10-8-16-5-2-1-3-6-16)13-17-9-11-21-20(14-17)24-22(26-21)18-7-4-12-23-15-18/h1-7,9,11-12,14-15H,13H2. The van der Waals surface area contributed by atoms with Crippen molar-refractivity contribution in [3.8, 4) is 23.3 Å². The van der Waals surface area contributed by atoms with Crippen LogP contribution in [0, 0.1) is 11.8 Å². The fourth-order valence-corrected chi connectivity index (χ4v) is 2.59. The molecule has 0 fully saturated rings. The lowest BCUT2D eigenvalue weighted by Gasteiger charge is -1.95. The number of fused-ring (bicyclic) bond motifs is 1. The Morgan fingerprint density at radius 2 is 1.92 bits per heavy atom. The first-order valence-electron chi connectivity index (χ1n) is 8.18. The zero-order valence-electron chi connectivity index (χ0n) is 13.8. The fraction of sp³-hybridized carbons (Fsp3) is 0.0455. The number of hydrogen-bond acceptors (Lipinski definition) is 4. The average molecular weight is 338 g/mol. The summed E-state index contributed by atoms with van der Waals surface area (Å²) in [5.74, 6) is 5.95. The van der Waals surface area contributed by atoms with E-state index in [1.807, 2.05) is 60.7 Å². The van der Waals surface area contributed by atoms with Gasteiger partial charge in [-0.1, -0.05) is 30.2 Å². The van der Waals surface area contributed by atoms with Gasteiger partial charge in [-0.15, -0.1) is 0 Å². The molecule has 0 aliphatic heterocycles. The highest BCUT2D eigenvalue weighted by atomic mass is 16.3. The minimum atomic E-state index is -0.135. The number of carbonyl (C=O) groups excluding carboxylic acids is 1. The number of ketones is 1. The molecule has 0 aliphatic rings. The number of nitrogens with zero attached hydrogens (tertiary/aromatic N) is 2. The lowest BCUT2D eigenvalue weighted by atomic mass is 10.1. The number of rotatable bonds is 3. The number of oxazole rings is 1. The molecule has 0 radical (unpaired) electrons. The summed E-state index contributed by atoms with van der Waals surface area (Å²) in [4.78, 5) is 20.7. The van der Waals surface area contributed by atoms with E-state index < -0.39 is 0 Å². The summed E-state index contributed by atoms with van der Waals surface area (Å²) in [7, 11) is 0. The maximum Gasteiger partial charge on any atom is 0.228 e. The molecule has 0 atom stereocenters. The van der Waals surface area contributed by atoms with Gasteiger partial charge >= 0.3 is 0 Å². The molecule has 26 heavy (non-hydrogen) atoms. The van der Waals surface area contributed by atoms with Crippen LogP contribution in [0.5, 0.6) is 0 Å². The molecule has 2 heterocycles. The number of hydrogen-bond donors (Lipinski definition) is 0. The van der Waals surface area contributed by atoms with Gasteiger partial charge in [0.25, 0.3) is 0 Å². The van der Waals surface area contributed by atoms with Crippen molar-refractivity contribution in [3.05, 3.63) is 84.2 Å². The SMILES string of the molecule is O=C(C#Cc1ccccc1)Cc1ccc2oc(-c3cccnc3)nc2c1. The van der Waals surface area contributed by atoms with Gasteiger partial charge in [-0.25, -0.2) is 4.98 Å². The van der Waals surface area contributed by atoms with Crippen LogP contribution >= 0.6 is 0 Å². The number of pyridine rings is 1. The summed E-state index contributed by atoms with van der Waals surface area (Å²) in [6, 6.07) is 18.7. The Hall–Kier alpha value is -3.71. The van der Waals surface area contributed by atoms with Gasteiger partial charge in [-0.3, -0.25) is 9.78 Å². The molecule has 4 aromatic rings. The van der Waals surface area contributed by atoms with Gasteiger partial charge in [-0.05, 0) is 47.9 Å². The van der Waals surface area contributed by atoms with E-state index in [1.165, 1.54) is 0 Å². The van der Waals surface area contributed by atoms with Crippen molar-refractivity contribution in [2.45, 2.75) is 6.42 Å². The van der Waals surface area contributed by atoms with E-state index in [2.05, 4.69) is 21.8 Å². The van der Waals surface area contributed by atoms with Gasteiger partial charge in [-0.2, -0.15) is 0 Å². The summed E-state index contributed by atoms with van der Waals surface area (Å²) in [6.45, 7) is 0. The van der Waals surface area contributed by atoms with Crippen LogP contribution in [0.25, 0.3) is 22.6 Å². The quantitative estimate of drug-likeness (QED) is 0.529. The van der Waals surface area contributed by atoms with Crippen LogP contribution in [0.15, 0.2) is 77.5 Å². The predicted molar refractivity (Wildman–Crippen MR) is 99.3 cm³/mol. The zero-order valence-corrected chi connectivity index (χ0v) is 13.8. The lowest BCUT2D eigenvalue weighted by Crippen LogP contribution is -1.99. The van der Waals surface area contributed by atoms with Crippen LogP contribution in [-0.2, 0) is 11.2 Å². The van der Waals surface area contributed by atoms with Crippen molar-refractivity contribution in [2.75, 3.05) is 0 Å². The van der Waals surface area contributed by atoms with Crippen molar-refractivity contribution in [1.82, 2.24) is 9.97 Å². The molecule has 4 nitrogen and oxygen atoms in total. The first-order valence-corrected chi connectivity index (χ1v) is 8.18. The number of benzene rings is 2. The molecule has 0 saturated carbocycles. The molecule has 124 valence electrons. The second-order valence-electron chi connectivity index (χ2n) is 5.78. The maximum absolute atomic E-state index is 12.1. The molecule has 0 amide bonds. The van der Waals surface area contributed by atoms with Gasteiger partial charge < -0.3 is 4.42 Å². The fourth-order valence-electron chi connectivity index (χ4n) is 2.59. The summed E-state index contributed by atoms with van der Waals surface area (Å²) in [5, 5.41) is 0.